The molecule has 0 aromatic heterocycles. The lowest BCUT2D eigenvalue weighted by molar-refractivity contribution is 0.0953. The third kappa shape index (κ3) is 5.15. The molecule has 17 heavy (non-hydrogen) atoms. The molecule has 5 heteroatoms. The number of carbonyl (C=O) groups is 1. The maximum absolute atomic E-state index is 11.7. The molecule has 94 valence electrons. The summed E-state index contributed by atoms with van der Waals surface area (Å²) < 4.78 is 0. The summed E-state index contributed by atoms with van der Waals surface area (Å²) in [5.74, 6) is 0.537. The number of benzene rings is 1. The Kier molecular flexibility index (Phi) is 6.71. The molecule has 0 saturated carbocycles. The minimum Gasteiger partial charge on any atom is -0.352 e. The van der Waals surface area contributed by atoms with Gasteiger partial charge in [-0.05, 0) is 31.0 Å². The van der Waals surface area contributed by atoms with Gasteiger partial charge < -0.3 is 5.32 Å². The summed E-state index contributed by atoms with van der Waals surface area (Å²) in [5, 5.41) is 3.66. The number of amides is 1. The predicted octanol–water partition coefficient (Wildman–Crippen LogP) is 4.13. The van der Waals surface area contributed by atoms with Gasteiger partial charge in [-0.1, -0.05) is 29.6 Å². The fourth-order valence-corrected chi connectivity index (χ4v) is 1.82. The van der Waals surface area contributed by atoms with E-state index >= 15 is 0 Å². The van der Waals surface area contributed by atoms with E-state index < -0.39 is 0 Å². The zero-order chi connectivity index (χ0) is 12.7. The highest BCUT2D eigenvalue weighted by Crippen LogP contribution is 2.22. The number of alkyl halides is 1. The zero-order valence-corrected chi connectivity index (χ0v) is 11.6. The molecular weight excluding hydrogens is 280 g/mol. The number of hydrogen-bond donors (Lipinski definition) is 1. The smallest absolute Gasteiger partial charge is 0.251 e. The molecule has 1 aromatic rings. The van der Waals surface area contributed by atoms with Crippen LogP contribution < -0.4 is 5.32 Å². The van der Waals surface area contributed by atoms with Crippen LogP contribution in [0.1, 0.15) is 29.6 Å². The van der Waals surface area contributed by atoms with Crippen LogP contribution in [-0.2, 0) is 0 Å². The average molecular weight is 295 g/mol. The Morgan fingerprint density at radius 3 is 2.53 bits per heavy atom. The van der Waals surface area contributed by atoms with Crippen LogP contribution in [0.15, 0.2) is 18.2 Å². The summed E-state index contributed by atoms with van der Waals surface area (Å²) in [4.78, 5) is 11.7. The molecule has 0 saturated heterocycles. The van der Waals surface area contributed by atoms with E-state index in [0.717, 1.165) is 19.3 Å². The number of halogens is 3. The Balaban J connectivity index is 2.39. The largest absolute Gasteiger partial charge is 0.352 e. The monoisotopic (exact) mass is 293 g/mol. The molecule has 1 N–H and O–H groups in total. The minimum absolute atomic E-state index is 0.130. The van der Waals surface area contributed by atoms with Crippen LogP contribution in [0.2, 0.25) is 10.0 Å². The second-order valence-corrected chi connectivity index (χ2v) is 4.83. The number of rotatable bonds is 6. The first-order valence-corrected chi connectivity index (χ1v) is 6.73. The van der Waals surface area contributed by atoms with E-state index in [4.69, 9.17) is 34.8 Å². The lowest BCUT2D eigenvalue weighted by atomic mass is 10.2. The fourth-order valence-electron chi connectivity index (χ4n) is 1.34. The molecule has 0 unspecified atom stereocenters. The van der Waals surface area contributed by atoms with E-state index in [-0.39, 0.29) is 5.91 Å². The van der Waals surface area contributed by atoms with Gasteiger partial charge in [0.15, 0.2) is 0 Å². The summed E-state index contributed by atoms with van der Waals surface area (Å²) in [6, 6.07) is 4.84. The molecule has 0 aliphatic carbocycles. The molecule has 0 aliphatic heterocycles. The molecule has 1 rings (SSSR count). The van der Waals surface area contributed by atoms with Crippen molar-refractivity contribution in [2.24, 2.45) is 0 Å². The third-order valence-corrected chi connectivity index (χ3v) is 3.28. The Labute approximate surface area is 116 Å². The van der Waals surface area contributed by atoms with Crippen molar-refractivity contribution in [3.63, 3.8) is 0 Å². The first kappa shape index (κ1) is 14.6. The van der Waals surface area contributed by atoms with E-state index in [2.05, 4.69) is 5.32 Å². The average Bonchev–Trinajstić information content (AvgIpc) is 2.32. The van der Waals surface area contributed by atoms with Crippen molar-refractivity contribution >= 4 is 40.7 Å². The van der Waals surface area contributed by atoms with E-state index in [0.29, 0.717) is 28.0 Å². The SMILES string of the molecule is O=C(NCCCCCCl)c1ccc(Cl)c(Cl)c1. The molecular formula is C12H14Cl3NO. The number of nitrogens with one attached hydrogen (secondary N) is 1. The zero-order valence-electron chi connectivity index (χ0n) is 9.31. The van der Waals surface area contributed by atoms with Gasteiger partial charge in [-0.3, -0.25) is 4.79 Å². The lowest BCUT2D eigenvalue weighted by Gasteiger charge is -2.05. The first-order chi connectivity index (χ1) is 8.15. The van der Waals surface area contributed by atoms with Crippen LogP contribution in [0, 0.1) is 0 Å². The van der Waals surface area contributed by atoms with Crippen molar-refractivity contribution in [2.75, 3.05) is 12.4 Å². The summed E-state index contributed by atoms with van der Waals surface area (Å²) in [5.41, 5.74) is 0.525. The van der Waals surface area contributed by atoms with Crippen LogP contribution >= 0.6 is 34.8 Å². The summed E-state index contributed by atoms with van der Waals surface area (Å²) >= 11 is 17.2. The van der Waals surface area contributed by atoms with E-state index in [1.54, 1.807) is 18.2 Å². The second kappa shape index (κ2) is 7.80. The van der Waals surface area contributed by atoms with E-state index in [1.165, 1.54) is 0 Å². The van der Waals surface area contributed by atoms with Gasteiger partial charge in [-0.15, -0.1) is 11.6 Å². The topological polar surface area (TPSA) is 29.1 Å². The molecule has 0 radical (unpaired) electrons. The normalized spacial score (nSPS) is 10.3. The molecule has 2 nitrogen and oxygen atoms in total. The fraction of sp³-hybridized carbons (Fsp3) is 0.417. The molecule has 0 spiro atoms. The van der Waals surface area contributed by atoms with Gasteiger partial charge in [0.05, 0.1) is 10.0 Å². The highest BCUT2D eigenvalue weighted by atomic mass is 35.5. The van der Waals surface area contributed by atoms with Gasteiger partial charge >= 0.3 is 0 Å². The van der Waals surface area contributed by atoms with Gasteiger partial charge in [-0.2, -0.15) is 0 Å². The van der Waals surface area contributed by atoms with Crippen molar-refractivity contribution in [1.82, 2.24) is 5.32 Å². The highest BCUT2D eigenvalue weighted by molar-refractivity contribution is 6.42. The standard InChI is InChI=1S/C12H14Cl3NO/c13-6-2-1-3-7-16-12(17)9-4-5-10(14)11(15)8-9/h4-5,8H,1-3,6-7H2,(H,16,17). The van der Waals surface area contributed by atoms with Gasteiger partial charge in [-0.25, -0.2) is 0 Å². The van der Waals surface area contributed by atoms with Crippen LogP contribution in [0.3, 0.4) is 0 Å². The number of unbranched alkanes of at least 4 members (excludes halogenated alkanes) is 2. The van der Waals surface area contributed by atoms with Crippen LogP contribution in [0.5, 0.6) is 0 Å². The maximum atomic E-state index is 11.7. The highest BCUT2D eigenvalue weighted by Gasteiger charge is 2.06. The Morgan fingerprint density at radius 1 is 1.12 bits per heavy atom. The summed E-state index contributed by atoms with van der Waals surface area (Å²) in [7, 11) is 0. The predicted molar refractivity (Wildman–Crippen MR) is 73.4 cm³/mol. The van der Waals surface area contributed by atoms with Crippen molar-refractivity contribution in [2.45, 2.75) is 19.3 Å². The maximum Gasteiger partial charge on any atom is 0.251 e. The van der Waals surface area contributed by atoms with Crippen LogP contribution in [0.25, 0.3) is 0 Å². The summed E-state index contributed by atoms with van der Waals surface area (Å²) in [6.45, 7) is 0.649. The molecule has 0 atom stereocenters. The summed E-state index contributed by atoms with van der Waals surface area (Å²) in [6.07, 6.45) is 2.93. The van der Waals surface area contributed by atoms with Gasteiger partial charge in [0.2, 0.25) is 0 Å². The van der Waals surface area contributed by atoms with E-state index in [1.807, 2.05) is 0 Å². The van der Waals surface area contributed by atoms with E-state index in [9.17, 15) is 4.79 Å². The Bertz CT molecular complexity index is 382. The van der Waals surface area contributed by atoms with Gasteiger partial charge in [0, 0.05) is 18.0 Å². The Hall–Kier alpha value is -0.440. The van der Waals surface area contributed by atoms with Crippen molar-refractivity contribution < 1.29 is 4.79 Å². The minimum atomic E-state index is -0.130. The Morgan fingerprint density at radius 2 is 1.88 bits per heavy atom. The number of carbonyl (C=O) groups excluding carboxylic acids is 1. The number of hydrogen-bond acceptors (Lipinski definition) is 1. The molecule has 1 amide bonds. The molecule has 0 heterocycles. The second-order valence-electron chi connectivity index (χ2n) is 3.63. The quantitative estimate of drug-likeness (QED) is 0.620. The van der Waals surface area contributed by atoms with Crippen LogP contribution in [0.4, 0.5) is 0 Å². The van der Waals surface area contributed by atoms with Crippen LogP contribution in [-0.4, -0.2) is 18.3 Å². The van der Waals surface area contributed by atoms with Crippen molar-refractivity contribution in [3.05, 3.63) is 33.8 Å². The molecule has 0 fully saturated rings. The van der Waals surface area contributed by atoms with Crippen molar-refractivity contribution in [3.8, 4) is 0 Å². The molecule has 0 aliphatic rings. The van der Waals surface area contributed by atoms with Gasteiger partial charge in [0.25, 0.3) is 5.91 Å². The third-order valence-electron chi connectivity index (χ3n) is 2.28. The first-order valence-electron chi connectivity index (χ1n) is 5.44. The lowest BCUT2D eigenvalue weighted by Crippen LogP contribution is -2.24. The van der Waals surface area contributed by atoms with Gasteiger partial charge in [0.1, 0.15) is 0 Å². The molecule has 1 aromatic carbocycles. The molecule has 0 bridgehead atoms. The van der Waals surface area contributed by atoms with Crippen molar-refractivity contribution in [1.29, 1.82) is 0 Å².